The molecule has 15 heavy (non-hydrogen) atoms. The number of hydrogen-bond donors (Lipinski definition) is 0. The van der Waals surface area contributed by atoms with Crippen molar-refractivity contribution in [2.45, 2.75) is 19.9 Å². The Bertz CT molecular complexity index is 306. The van der Waals surface area contributed by atoms with Gasteiger partial charge >= 0.3 is 0 Å². The van der Waals surface area contributed by atoms with Crippen LogP contribution in [0.15, 0.2) is 12.4 Å². The lowest BCUT2D eigenvalue weighted by atomic mass is 10.3. The number of halogens is 1. The van der Waals surface area contributed by atoms with Crippen molar-refractivity contribution < 1.29 is 4.74 Å². The first-order valence-corrected chi connectivity index (χ1v) is 5.99. The molecular weight excluding hydrogens is 258 g/mol. The van der Waals surface area contributed by atoms with Gasteiger partial charge in [0.25, 0.3) is 0 Å². The van der Waals surface area contributed by atoms with E-state index in [0.29, 0.717) is 11.9 Å². The molecule has 0 unspecified atom stereocenters. The largest absolute Gasteiger partial charge is 0.480 e. The zero-order chi connectivity index (χ0) is 11.3. The second kappa shape index (κ2) is 5.90. The fourth-order valence-electron chi connectivity index (χ4n) is 1.30. The van der Waals surface area contributed by atoms with Crippen molar-refractivity contribution in [3.8, 4) is 5.88 Å². The quantitative estimate of drug-likeness (QED) is 0.771. The van der Waals surface area contributed by atoms with E-state index in [-0.39, 0.29) is 0 Å². The number of methoxy groups -OCH3 is 1. The summed E-state index contributed by atoms with van der Waals surface area (Å²) < 4.78 is 5.05. The Balaban J connectivity index is 2.89. The molecule has 4 nitrogen and oxygen atoms in total. The predicted octanol–water partition coefficient (Wildman–Crippen LogP) is 2.09. The van der Waals surface area contributed by atoms with E-state index in [1.54, 1.807) is 19.5 Å². The zero-order valence-electron chi connectivity index (χ0n) is 9.27. The van der Waals surface area contributed by atoms with Crippen molar-refractivity contribution in [1.82, 2.24) is 9.97 Å². The van der Waals surface area contributed by atoms with Crippen LogP contribution < -0.4 is 9.64 Å². The van der Waals surface area contributed by atoms with Gasteiger partial charge < -0.3 is 9.64 Å². The molecule has 0 spiro atoms. The smallest absolute Gasteiger partial charge is 0.233 e. The second-order valence-corrected chi connectivity index (χ2v) is 4.19. The van der Waals surface area contributed by atoms with Gasteiger partial charge in [-0.3, -0.25) is 4.98 Å². The highest BCUT2D eigenvalue weighted by molar-refractivity contribution is 9.09. The van der Waals surface area contributed by atoms with E-state index in [4.69, 9.17) is 4.74 Å². The lowest BCUT2D eigenvalue weighted by Crippen LogP contribution is -2.33. The Kier molecular flexibility index (Phi) is 4.81. The van der Waals surface area contributed by atoms with Crippen molar-refractivity contribution in [2.75, 3.05) is 23.9 Å². The van der Waals surface area contributed by atoms with Gasteiger partial charge in [0, 0.05) is 17.9 Å². The van der Waals surface area contributed by atoms with Gasteiger partial charge in [-0.15, -0.1) is 0 Å². The van der Waals surface area contributed by atoms with Crippen LogP contribution in [0.3, 0.4) is 0 Å². The van der Waals surface area contributed by atoms with Gasteiger partial charge in [0.15, 0.2) is 5.82 Å². The SMILES string of the molecule is COc1cncc(N(CCBr)C(C)C)n1. The van der Waals surface area contributed by atoms with Gasteiger partial charge in [-0.25, -0.2) is 0 Å². The molecule has 0 aliphatic carbocycles. The number of rotatable bonds is 5. The van der Waals surface area contributed by atoms with Crippen LogP contribution in [0.5, 0.6) is 5.88 Å². The first kappa shape index (κ1) is 12.2. The summed E-state index contributed by atoms with van der Waals surface area (Å²) in [6.07, 6.45) is 3.36. The first-order valence-electron chi connectivity index (χ1n) is 4.87. The van der Waals surface area contributed by atoms with E-state index in [2.05, 4.69) is 44.6 Å². The molecule has 0 aliphatic rings. The Morgan fingerprint density at radius 2 is 2.20 bits per heavy atom. The minimum Gasteiger partial charge on any atom is -0.480 e. The van der Waals surface area contributed by atoms with Crippen LogP contribution >= 0.6 is 15.9 Å². The number of aromatic nitrogens is 2. The molecule has 0 radical (unpaired) electrons. The summed E-state index contributed by atoms with van der Waals surface area (Å²) in [5.74, 6) is 1.40. The third-order valence-corrected chi connectivity index (χ3v) is 2.41. The molecule has 0 aromatic carbocycles. The molecule has 0 saturated heterocycles. The van der Waals surface area contributed by atoms with E-state index in [1.807, 2.05) is 0 Å². The number of alkyl halides is 1. The lowest BCUT2D eigenvalue weighted by molar-refractivity contribution is 0.395. The van der Waals surface area contributed by atoms with E-state index in [1.165, 1.54) is 0 Å². The highest BCUT2D eigenvalue weighted by atomic mass is 79.9. The fraction of sp³-hybridized carbons (Fsp3) is 0.600. The summed E-state index contributed by atoms with van der Waals surface area (Å²) in [5.41, 5.74) is 0. The molecule has 1 aromatic heterocycles. The molecule has 0 fully saturated rings. The normalized spacial score (nSPS) is 10.5. The van der Waals surface area contributed by atoms with Crippen LogP contribution in [0, 0.1) is 0 Å². The minimum atomic E-state index is 0.393. The fourth-order valence-corrected chi connectivity index (χ4v) is 1.69. The monoisotopic (exact) mass is 273 g/mol. The third kappa shape index (κ3) is 3.34. The summed E-state index contributed by atoms with van der Waals surface area (Å²) in [6, 6.07) is 0.393. The molecule has 0 amide bonds. The van der Waals surface area contributed by atoms with Crippen LogP contribution in [0.4, 0.5) is 5.82 Å². The van der Waals surface area contributed by atoms with Crippen LogP contribution in [0.2, 0.25) is 0 Å². The minimum absolute atomic E-state index is 0.393. The highest BCUT2D eigenvalue weighted by Crippen LogP contribution is 2.16. The average molecular weight is 274 g/mol. The Morgan fingerprint density at radius 1 is 1.47 bits per heavy atom. The van der Waals surface area contributed by atoms with Crippen LogP contribution in [-0.4, -0.2) is 35.0 Å². The van der Waals surface area contributed by atoms with E-state index >= 15 is 0 Å². The summed E-state index contributed by atoms with van der Waals surface area (Å²) in [4.78, 5) is 10.6. The van der Waals surface area contributed by atoms with Gasteiger partial charge in [-0.05, 0) is 13.8 Å². The number of nitrogens with zero attached hydrogens (tertiary/aromatic N) is 3. The van der Waals surface area contributed by atoms with Gasteiger partial charge in [-0.2, -0.15) is 4.98 Å². The molecule has 0 bridgehead atoms. The van der Waals surface area contributed by atoms with Crippen LogP contribution in [0.25, 0.3) is 0 Å². The predicted molar refractivity (Wildman–Crippen MR) is 64.9 cm³/mol. The zero-order valence-corrected chi connectivity index (χ0v) is 10.9. The molecule has 1 heterocycles. The van der Waals surface area contributed by atoms with Gasteiger partial charge in [0.1, 0.15) is 0 Å². The molecule has 1 aromatic rings. The second-order valence-electron chi connectivity index (χ2n) is 3.40. The summed E-state index contributed by atoms with van der Waals surface area (Å²) in [5, 5.41) is 0.907. The molecule has 84 valence electrons. The number of hydrogen-bond acceptors (Lipinski definition) is 4. The van der Waals surface area contributed by atoms with Crippen molar-refractivity contribution in [1.29, 1.82) is 0 Å². The van der Waals surface area contributed by atoms with Crippen molar-refractivity contribution in [3.05, 3.63) is 12.4 Å². The summed E-state index contributed by atoms with van der Waals surface area (Å²) in [7, 11) is 1.60. The number of ether oxygens (including phenoxy) is 1. The third-order valence-electron chi connectivity index (χ3n) is 2.05. The lowest BCUT2D eigenvalue weighted by Gasteiger charge is -2.26. The first-order chi connectivity index (χ1) is 7.19. The Morgan fingerprint density at radius 3 is 2.73 bits per heavy atom. The van der Waals surface area contributed by atoms with E-state index in [0.717, 1.165) is 17.7 Å². The Labute approximate surface area is 98.8 Å². The highest BCUT2D eigenvalue weighted by Gasteiger charge is 2.12. The molecule has 0 saturated carbocycles. The van der Waals surface area contributed by atoms with Crippen molar-refractivity contribution in [2.24, 2.45) is 0 Å². The molecule has 1 rings (SSSR count). The number of anilines is 1. The summed E-state index contributed by atoms with van der Waals surface area (Å²) in [6.45, 7) is 5.16. The topological polar surface area (TPSA) is 38.2 Å². The molecule has 0 N–H and O–H groups in total. The standard InChI is InChI=1S/C10H16BrN3O/c1-8(2)14(5-4-11)9-6-12-7-10(13-9)15-3/h6-8H,4-5H2,1-3H3. The van der Waals surface area contributed by atoms with Gasteiger partial charge in [0.2, 0.25) is 5.88 Å². The van der Waals surface area contributed by atoms with Crippen molar-refractivity contribution in [3.63, 3.8) is 0 Å². The van der Waals surface area contributed by atoms with Gasteiger partial charge in [-0.1, -0.05) is 15.9 Å². The van der Waals surface area contributed by atoms with Crippen LogP contribution in [0.1, 0.15) is 13.8 Å². The maximum absolute atomic E-state index is 5.05. The van der Waals surface area contributed by atoms with E-state index in [9.17, 15) is 0 Å². The van der Waals surface area contributed by atoms with Crippen molar-refractivity contribution >= 4 is 21.7 Å². The maximum Gasteiger partial charge on any atom is 0.233 e. The Hall–Kier alpha value is -0.840. The van der Waals surface area contributed by atoms with Crippen LogP contribution in [-0.2, 0) is 0 Å². The molecule has 0 atom stereocenters. The maximum atomic E-state index is 5.05. The molecular formula is C10H16BrN3O. The van der Waals surface area contributed by atoms with Gasteiger partial charge in [0.05, 0.1) is 19.5 Å². The summed E-state index contributed by atoms with van der Waals surface area (Å²) >= 11 is 3.43. The molecule has 5 heteroatoms. The van der Waals surface area contributed by atoms with E-state index < -0.39 is 0 Å². The molecule has 0 aliphatic heterocycles. The average Bonchev–Trinajstić information content (AvgIpc) is 2.25.